The van der Waals surface area contributed by atoms with Crippen LogP contribution >= 0.6 is 0 Å². The Hall–Kier alpha value is -2.07. The molecule has 0 radical (unpaired) electrons. The number of hydrogen-bond acceptors (Lipinski definition) is 3. The number of aromatic nitrogens is 1. The highest BCUT2D eigenvalue weighted by Crippen LogP contribution is 2.10. The first-order valence-corrected chi connectivity index (χ1v) is 7.02. The number of rotatable bonds is 6. The normalized spacial score (nSPS) is 10.9. The second-order valence-corrected chi connectivity index (χ2v) is 4.98. The van der Waals surface area contributed by atoms with E-state index in [0.717, 1.165) is 11.4 Å². The highest BCUT2D eigenvalue weighted by molar-refractivity contribution is 5.97. The molecule has 0 spiro atoms. The first kappa shape index (κ1) is 15.3. The van der Waals surface area contributed by atoms with Gasteiger partial charge in [0.2, 0.25) is 0 Å². The van der Waals surface area contributed by atoms with E-state index in [4.69, 9.17) is 0 Å². The zero-order valence-electron chi connectivity index (χ0n) is 12.3. The third-order valence-electron chi connectivity index (χ3n) is 3.32. The fourth-order valence-corrected chi connectivity index (χ4v) is 2.17. The van der Waals surface area contributed by atoms with Crippen molar-refractivity contribution in [2.45, 2.75) is 20.4 Å². The quantitative estimate of drug-likeness (QED) is 0.764. The number of carbonyl (C=O) groups excluding carboxylic acids is 1. The van der Waals surface area contributed by atoms with Gasteiger partial charge in [-0.3, -0.25) is 14.7 Å². The Balaban J connectivity index is 2.06. The van der Waals surface area contributed by atoms with Crippen LogP contribution in [-0.4, -0.2) is 28.8 Å². The topological polar surface area (TPSA) is 33.2 Å². The highest BCUT2D eigenvalue weighted by Gasteiger charge is 2.15. The molecule has 0 aliphatic carbocycles. The van der Waals surface area contributed by atoms with E-state index in [1.807, 2.05) is 36.9 Å². The van der Waals surface area contributed by atoms with Gasteiger partial charge in [-0.25, -0.2) is 4.39 Å². The molecule has 4 heteroatoms. The second-order valence-electron chi connectivity index (χ2n) is 4.98. The second kappa shape index (κ2) is 7.09. The van der Waals surface area contributed by atoms with E-state index >= 15 is 0 Å². The average molecular weight is 286 g/mol. The molecule has 0 bridgehead atoms. The van der Waals surface area contributed by atoms with Gasteiger partial charge in [-0.05, 0) is 37.7 Å². The molecule has 0 saturated heterocycles. The zero-order valence-corrected chi connectivity index (χ0v) is 12.3. The van der Waals surface area contributed by atoms with Crippen LogP contribution < -0.4 is 0 Å². The summed E-state index contributed by atoms with van der Waals surface area (Å²) in [6, 6.07) is 11.9. The van der Waals surface area contributed by atoms with Crippen molar-refractivity contribution >= 4 is 5.78 Å². The summed E-state index contributed by atoms with van der Waals surface area (Å²) < 4.78 is 13.6. The summed E-state index contributed by atoms with van der Waals surface area (Å²) in [7, 11) is 0. The number of pyridine rings is 1. The van der Waals surface area contributed by atoms with Gasteiger partial charge in [0, 0.05) is 12.2 Å². The Labute approximate surface area is 124 Å². The minimum absolute atomic E-state index is 0.146. The summed E-state index contributed by atoms with van der Waals surface area (Å²) in [4.78, 5) is 18.6. The minimum atomic E-state index is -0.466. The number of aryl methyl sites for hydroxylation is 1. The molecule has 0 unspecified atom stereocenters. The number of Topliss-reactive ketones (excluding diaryl/α,β-unsaturated/α-hetero) is 1. The number of benzene rings is 1. The van der Waals surface area contributed by atoms with Gasteiger partial charge in [0.15, 0.2) is 5.78 Å². The van der Waals surface area contributed by atoms with E-state index in [9.17, 15) is 9.18 Å². The molecule has 110 valence electrons. The van der Waals surface area contributed by atoms with Crippen molar-refractivity contribution in [3.63, 3.8) is 0 Å². The lowest BCUT2D eigenvalue weighted by Gasteiger charge is -2.19. The summed E-state index contributed by atoms with van der Waals surface area (Å²) in [5.41, 5.74) is 2.01. The van der Waals surface area contributed by atoms with Crippen LogP contribution in [0.2, 0.25) is 0 Å². The minimum Gasteiger partial charge on any atom is -0.293 e. The van der Waals surface area contributed by atoms with Crippen molar-refractivity contribution in [1.29, 1.82) is 0 Å². The van der Waals surface area contributed by atoms with Crippen molar-refractivity contribution in [3.8, 4) is 0 Å². The molecular weight excluding hydrogens is 267 g/mol. The molecule has 1 aromatic heterocycles. The lowest BCUT2D eigenvalue weighted by atomic mass is 10.1. The van der Waals surface area contributed by atoms with Crippen LogP contribution in [0.4, 0.5) is 4.39 Å². The van der Waals surface area contributed by atoms with Crippen LogP contribution in [-0.2, 0) is 6.54 Å². The van der Waals surface area contributed by atoms with E-state index in [1.165, 1.54) is 12.1 Å². The van der Waals surface area contributed by atoms with Crippen LogP contribution in [0, 0.1) is 12.7 Å². The van der Waals surface area contributed by atoms with E-state index in [0.29, 0.717) is 13.1 Å². The van der Waals surface area contributed by atoms with Gasteiger partial charge >= 0.3 is 0 Å². The van der Waals surface area contributed by atoms with Gasteiger partial charge in [0.25, 0.3) is 0 Å². The number of likely N-dealkylation sites (N-methyl/N-ethyl adjacent to an activating group) is 1. The van der Waals surface area contributed by atoms with Crippen LogP contribution in [0.1, 0.15) is 28.7 Å². The molecule has 3 nitrogen and oxygen atoms in total. The van der Waals surface area contributed by atoms with Gasteiger partial charge in [-0.1, -0.05) is 25.1 Å². The molecule has 21 heavy (non-hydrogen) atoms. The lowest BCUT2D eigenvalue weighted by molar-refractivity contribution is 0.0925. The Morgan fingerprint density at radius 1 is 1.19 bits per heavy atom. The summed E-state index contributed by atoms with van der Waals surface area (Å²) in [6.07, 6.45) is 0. The number of nitrogens with zero attached hydrogens (tertiary/aromatic N) is 2. The number of halogens is 1. The summed E-state index contributed by atoms with van der Waals surface area (Å²) >= 11 is 0. The van der Waals surface area contributed by atoms with Gasteiger partial charge in [-0.15, -0.1) is 0 Å². The largest absolute Gasteiger partial charge is 0.293 e. The Bertz CT molecular complexity index is 628. The SMILES string of the molecule is CCN(CC(=O)c1ccccc1F)Cc1cccc(C)n1. The Morgan fingerprint density at radius 3 is 2.62 bits per heavy atom. The van der Waals surface area contributed by atoms with Crippen molar-refractivity contribution in [3.05, 3.63) is 65.2 Å². The van der Waals surface area contributed by atoms with Crippen molar-refractivity contribution in [1.82, 2.24) is 9.88 Å². The average Bonchev–Trinajstić information content (AvgIpc) is 2.47. The summed E-state index contributed by atoms with van der Waals surface area (Å²) in [5, 5.41) is 0. The third-order valence-corrected chi connectivity index (χ3v) is 3.32. The molecule has 0 atom stereocenters. The monoisotopic (exact) mass is 286 g/mol. The Morgan fingerprint density at radius 2 is 1.95 bits per heavy atom. The molecule has 0 aliphatic heterocycles. The molecule has 1 aromatic carbocycles. The molecule has 2 rings (SSSR count). The molecule has 0 aliphatic rings. The predicted molar refractivity (Wildman–Crippen MR) is 80.7 cm³/mol. The third kappa shape index (κ3) is 4.20. The molecule has 0 saturated carbocycles. The fraction of sp³-hybridized carbons (Fsp3) is 0.294. The molecule has 0 amide bonds. The maximum absolute atomic E-state index is 13.6. The van der Waals surface area contributed by atoms with Crippen LogP contribution in [0.5, 0.6) is 0 Å². The molecular formula is C17H19FN2O. The first-order valence-electron chi connectivity index (χ1n) is 7.02. The summed E-state index contributed by atoms with van der Waals surface area (Å²) in [6.45, 7) is 5.38. The van der Waals surface area contributed by atoms with Crippen LogP contribution in [0.25, 0.3) is 0 Å². The van der Waals surface area contributed by atoms with E-state index in [2.05, 4.69) is 4.98 Å². The number of hydrogen-bond donors (Lipinski definition) is 0. The fourth-order valence-electron chi connectivity index (χ4n) is 2.17. The maximum Gasteiger partial charge on any atom is 0.179 e. The van der Waals surface area contributed by atoms with Crippen LogP contribution in [0.3, 0.4) is 0 Å². The van der Waals surface area contributed by atoms with Crippen molar-refractivity contribution in [2.75, 3.05) is 13.1 Å². The highest BCUT2D eigenvalue weighted by atomic mass is 19.1. The van der Waals surface area contributed by atoms with Crippen molar-refractivity contribution in [2.24, 2.45) is 0 Å². The summed E-state index contributed by atoms with van der Waals surface area (Å²) in [5.74, 6) is -0.671. The maximum atomic E-state index is 13.6. The van der Waals surface area contributed by atoms with E-state index in [1.54, 1.807) is 12.1 Å². The predicted octanol–water partition coefficient (Wildman–Crippen LogP) is 3.23. The van der Waals surface area contributed by atoms with Crippen LogP contribution in [0.15, 0.2) is 42.5 Å². The standard InChI is InChI=1S/C17H19FN2O/c1-3-20(11-14-8-6-7-13(2)19-14)12-17(21)15-9-4-5-10-16(15)18/h4-10H,3,11-12H2,1-2H3. The Kier molecular flexibility index (Phi) is 5.17. The van der Waals surface area contributed by atoms with Gasteiger partial charge in [0.1, 0.15) is 5.82 Å². The van der Waals surface area contributed by atoms with E-state index in [-0.39, 0.29) is 17.9 Å². The first-order chi connectivity index (χ1) is 10.1. The number of ketones is 1. The molecule has 2 aromatic rings. The van der Waals surface area contributed by atoms with Crippen molar-refractivity contribution < 1.29 is 9.18 Å². The molecule has 1 heterocycles. The van der Waals surface area contributed by atoms with Gasteiger partial charge < -0.3 is 0 Å². The smallest absolute Gasteiger partial charge is 0.179 e. The van der Waals surface area contributed by atoms with Gasteiger partial charge in [-0.2, -0.15) is 0 Å². The van der Waals surface area contributed by atoms with Gasteiger partial charge in [0.05, 0.1) is 17.8 Å². The zero-order chi connectivity index (χ0) is 15.2. The van der Waals surface area contributed by atoms with E-state index < -0.39 is 5.82 Å². The number of carbonyl (C=O) groups is 1. The lowest BCUT2D eigenvalue weighted by Crippen LogP contribution is -2.30. The molecule has 0 fully saturated rings. The molecule has 0 N–H and O–H groups in total.